The maximum absolute atomic E-state index is 12.9. The molecule has 0 unspecified atom stereocenters. The van der Waals surface area contributed by atoms with Gasteiger partial charge in [-0.15, -0.1) is 0 Å². The molecule has 0 aliphatic carbocycles. The summed E-state index contributed by atoms with van der Waals surface area (Å²) in [4.78, 5) is 14.8. The zero-order valence-corrected chi connectivity index (χ0v) is 17.3. The Morgan fingerprint density at radius 3 is 2.19 bits per heavy atom. The summed E-state index contributed by atoms with van der Waals surface area (Å²) in [6.45, 7) is 9.03. The zero-order valence-electron chi connectivity index (χ0n) is 16.5. The van der Waals surface area contributed by atoms with Gasteiger partial charge in [-0.25, -0.2) is 8.42 Å². The van der Waals surface area contributed by atoms with Crippen LogP contribution in [0, 0.1) is 13.8 Å². The van der Waals surface area contributed by atoms with Crippen molar-refractivity contribution in [1.29, 1.82) is 0 Å². The van der Waals surface area contributed by atoms with Crippen molar-refractivity contribution >= 4 is 21.6 Å². The summed E-state index contributed by atoms with van der Waals surface area (Å²) in [5, 5.41) is 0. The van der Waals surface area contributed by atoms with Crippen LogP contribution in [0.1, 0.15) is 48.2 Å². The second-order valence-corrected chi connectivity index (χ2v) is 8.37. The molecule has 1 N–H and O–H groups in total. The van der Waals surface area contributed by atoms with Gasteiger partial charge in [-0.2, -0.15) is 0 Å². The second kappa shape index (κ2) is 9.04. The van der Waals surface area contributed by atoms with E-state index in [1.165, 1.54) is 12.1 Å². The van der Waals surface area contributed by atoms with E-state index in [-0.39, 0.29) is 10.8 Å². The van der Waals surface area contributed by atoms with Crippen LogP contribution in [0.3, 0.4) is 0 Å². The summed E-state index contributed by atoms with van der Waals surface area (Å²) < 4.78 is 28.3. The predicted molar refractivity (Wildman–Crippen MR) is 110 cm³/mol. The lowest BCUT2D eigenvalue weighted by Crippen LogP contribution is -2.33. The lowest BCUT2D eigenvalue weighted by molar-refractivity contribution is 0.0754. The number of para-hydroxylation sites is 1. The van der Waals surface area contributed by atoms with Crippen LogP contribution in [0.5, 0.6) is 0 Å². The Bertz CT molecular complexity index is 901. The highest BCUT2D eigenvalue weighted by Crippen LogP contribution is 2.22. The summed E-state index contributed by atoms with van der Waals surface area (Å²) in [7, 11) is -3.78. The third-order valence-corrected chi connectivity index (χ3v) is 5.78. The smallest absolute Gasteiger partial charge is 0.261 e. The first-order chi connectivity index (χ1) is 12.8. The van der Waals surface area contributed by atoms with Crippen LogP contribution in [0.4, 0.5) is 5.69 Å². The third-order valence-electron chi connectivity index (χ3n) is 4.41. The number of anilines is 1. The summed E-state index contributed by atoms with van der Waals surface area (Å²) >= 11 is 0. The molecule has 0 bridgehead atoms. The van der Waals surface area contributed by atoms with Crippen LogP contribution < -0.4 is 4.72 Å². The maximum atomic E-state index is 12.9. The molecule has 0 saturated carbocycles. The molecule has 0 aliphatic rings. The highest BCUT2D eigenvalue weighted by Gasteiger charge is 2.21. The number of aryl methyl sites for hydroxylation is 2. The average molecular weight is 389 g/mol. The molecule has 0 spiro atoms. The number of nitrogens with zero attached hydrogens (tertiary/aromatic N) is 1. The molecule has 0 fully saturated rings. The van der Waals surface area contributed by atoms with E-state index < -0.39 is 10.0 Å². The molecule has 0 aromatic heterocycles. The van der Waals surface area contributed by atoms with E-state index in [9.17, 15) is 13.2 Å². The van der Waals surface area contributed by atoms with E-state index in [0.29, 0.717) is 24.3 Å². The van der Waals surface area contributed by atoms with Crippen molar-refractivity contribution in [3.8, 4) is 0 Å². The van der Waals surface area contributed by atoms with Gasteiger partial charge in [0.15, 0.2) is 0 Å². The summed E-state index contributed by atoms with van der Waals surface area (Å²) in [6.07, 6.45) is 1.72. The molecule has 5 nitrogen and oxygen atoms in total. The van der Waals surface area contributed by atoms with Crippen molar-refractivity contribution in [2.45, 2.75) is 45.4 Å². The zero-order chi connectivity index (χ0) is 20.0. The first-order valence-corrected chi connectivity index (χ1v) is 10.8. The minimum absolute atomic E-state index is 0.0904. The molecule has 2 aromatic rings. The summed E-state index contributed by atoms with van der Waals surface area (Å²) in [6, 6.07) is 11.9. The van der Waals surface area contributed by atoms with E-state index in [1.54, 1.807) is 23.1 Å². The fourth-order valence-electron chi connectivity index (χ4n) is 2.91. The van der Waals surface area contributed by atoms with Gasteiger partial charge in [0.25, 0.3) is 15.9 Å². The molecule has 0 radical (unpaired) electrons. The van der Waals surface area contributed by atoms with Crippen molar-refractivity contribution in [3.05, 3.63) is 59.2 Å². The fraction of sp³-hybridized carbons (Fsp3) is 0.381. The minimum atomic E-state index is -3.78. The van der Waals surface area contributed by atoms with Gasteiger partial charge in [0.2, 0.25) is 0 Å². The van der Waals surface area contributed by atoms with E-state index >= 15 is 0 Å². The van der Waals surface area contributed by atoms with Gasteiger partial charge >= 0.3 is 0 Å². The summed E-state index contributed by atoms with van der Waals surface area (Å²) in [5.41, 5.74) is 2.57. The normalized spacial score (nSPS) is 11.3. The predicted octanol–water partition coefficient (Wildman–Crippen LogP) is 4.37. The number of sulfonamides is 1. The Morgan fingerprint density at radius 1 is 0.963 bits per heavy atom. The molecule has 27 heavy (non-hydrogen) atoms. The molecule has 1 amide bonds. The van der Waals surface area contributed by atoms with Crippen LogP contribution in [-0.4, -0.2) is 32.3 Å². The Labute approximate surface area is 162 Å². The molecule has 0 aliphatic heterocycles. The molecule has 0 atom stereocenters. The van der Waals surface area contributed by atoms with E-state index in [4.69, 9.17) is 0 Å². The van der Waals surface area contributed by atoms with Gasteiger partial charge in [-0.1, -0.05) is 38.1 Å². The van der Waals surface area contributed by atoms with Gasteiger partial charge in [0.05, 0.1) is 10.6 Å². The number of benzene rings is 2. The van der Waals surface area contributed by atoms with Gasteiger partial charge < -0.3 is 4.90 Å². The van der Waals surface area contributed by atoms with E-state index in [0.717, 1.165) is 24.0 Å². The van der Waals surface area contributed by atoms with Crippen molar-refractivity contribution in [2.24, 2.45) is 0 Å². The van der Waals surface area contributed by atoms with Crippen molar-refractivity contribution in [2.75, 3.05) is 17.8 Å². The van der Waals surface area contributed by atoms with Gasteiger partial charge in [0.1, 0.15) is 0 Å². The second-order valence-electron chi connectivity index (χ2n) is 6.69. The number of amides is 1. The average Bonchev–Trinajstić information content (AvgIpc) is 2.63. The van der Waals surface area contributed by atoms with Crippen molar-refractivity contribution in [3.63, 3.8) is 0 Å². The van der Waals surface area contributed by atoms with Crippen molar-refractivity contribution in [1.82, 2.24) is 4.90 Å². The topological polar surface area (TPSA) is 66.5 Å². The molecule has 2 rings (SSSR count). The summed E-state index contributed by atoms with van der Waals surface area (Å²) in [5.74, 6) is -0.121. The minimum Gasteiger partial charge on any atom is -0.339 e. The monoisotopic (exact) mass is 388 g/mol. The third kappa shape index (κ3) is 5.10. The number of carbonyl (C=O) groups is 1. The first kappa shape index (κ1) is 21.0. The van der Waals surface area contributed by atoms with Gasteiger partial charge in [-0.05, 0) is 56.0 Å². The molecule has 6 heteroatoms. The van der Waals surface area contributed by atoms with Gasteiger partial charge in [-0.3, -0.25) is 9.52 Å². The lowest BCUT2D eigenvalue weighted by Gasteiger charge is -2.22. The van der Waals surface area contributed by atoms with Crippen LogP contribution in [-0.2, 0) is 10.0 Å². The van der Waals surface area contributed by atoms with Crippen molar-refractivity contribution < 1.29 is 13.2 Å². The Kier molecular flexibility index (Phi) is 7.02. The highest BCUT2D eigenvalue weighted by molar-refractivity contribution is 7.92. The van der Waals surface area contributed by atoms with E-state index in [2.05, 4.69) is 4.72 Å². The van der Waals surface area contributed by atoms with Crippen LogP contribution in [0.25, 0.3) is 0 Å². The lowest BCUT2D eigenvalue weighted by atomic mass is 10.1. The first-order valence-electron chi connectivity index (χ1n) is 9.28. The molecule has 0 saturated heterocycles. The highest BCUT2D eigenvalue weighted by atomic mass is 32.2. The number of nitrogens with one attached hydrogen (secondary N) is 1. The number of rotatable bonds is 8. The fourth-order valence-corrected chi connectivity index (χ4v) is 4.07. The number of hydrogen-bond acceptors (Lipinski definition) is 3. The van der Waals surface area contributed by atoms with Crippen LogP contribution >= 0.6 is 0 Å². The van der Waals surface area contributed by atoms with E-state index in [1.807, 2.05) is 39.8 Å². The Hall–Kier alpha value is -2.34. The molecule has 146 valence electrons. The largest absolute Gasteiger partial charge is 0.339 e. The molecule has 0 heterocycles. The maximum Gasteiger partial charge on any atom is 0.261 e. The number of carbonyl (C=O) groups excluding carboxylic acids is 1. The Balaban J connectivity index is 2.38. The quantitative estimate of drug-likeness (QED) is 0.730. The molecular weight excluding hydrogens is 360 g/mol. The SMILES string of the molecule is CCCN(CCC)C(=O)c1cc(S(=O)(=O)Nc2ccccc2C)ccc1C. The molecular formula is C21H28N2O3S. The molecule has 2 aromatic carbocycles. The van der Waals surface area contributed by atoms with Crippen LogP contribution in [0.2, 0.25) is 0 Å². The Morgan fingerprint density at radius 2 is 1.59 bits per heavy atom. The number of hydrogen-bond donors (Lipinski definition) is 1. The van der Waals surface area contributed by atoms with Gasteiger partial charge in [0, 0.05) is 18.7 Å². The standard InChI is InChI=1S/C21H28N2O3S/c1-5-13-23(14-6-2)21(24)19-15-18(12-11-16(19)3)27(25,26)22-20-10-8-7-9-17(20)4/h7-12,15,22H,5-6,13-14H2,1-4H3. The van der Waals surface area contributed by atoms with Crippen LogP contribution in [0.15, 0.2) is 47.4 Å².